The Bertz CT molecular complexity index is 1290. The summed E-state index contributed by atoms with van der Waals surface area (Å²) in [5.74, 6) is 1.23. The fourth-order valence-electron chi connectivity index (χ4n) is 3.65. The number of aliphatic imine (C=N–C) groups is 1. The number of thioether (sulfide) groups is 1. The zero-order chi connectivity index (χ0) is 25.7. The maximum Gasteiger partial charge on any atom is 0.266 e. The molecule has 1 saturated heterocycles. The summed E-state index contributed by atoms with van der Waals surface area (Å²) in [4.78, 5) is 20.6. The van der Waals surface area contributed by atoms with Crippen molar-refractivity contribution < 1.29 is 14.3 Å². The van der Waals surface area contributed by atoms with Gasteiger partial charge < -0.3 is 9.47 Å². The van der Waals surface area contributed by atoms with Gasteiger partial charge in [-0.1, -0.05) is 58.7 Å². The number of halogens is 1. The number of benzene rings is 3. The van der Waals surface area contributed by atoms with Gasteiger partial charge in [0, 0.05) is 10.5 Å². The maximum atomic E-state index is 13.4. The van der Waals surface area contributed by atoms with Gasteiger partial charge in [0.05, 0.1) is 17.7 Å². The monoisotopic (exact) mass is 564 g/mol. The minimum absolute atomic E-state index is 0.0326. The normalized spacial score (nSPS) is 16.6. The van der Waals surface area contributed by atoms with Crippen molar-refractivity contribution in [1.29, 1.82) is 0 Å². The van der Waals surface area contributed by atoms with E-state index in [0.29, 0.717) is 28.2 Å². The Kier molecular flexibility index (Phi) is 8.54. The van der Waals surface area contributed by atoms with Gasteiger partial charge in [0.2, 0.25) is 0 Å². The zero-order valence-electron chi connectivity index (χ0n) is 20.8. The molecule has 1 amide bonds. The molecule has 186 valence electrons. The molecule has 3 aromatic carbocycles. The van der Waals surface area contributed by atoms with Crippen LogP contribution in [0.1, 0.15) is 37.0 Å². The minimum atomic E-state index is -0.0326. The lowest BCUT2D eigenvalue weighted by Crippen LogP contribution is -2.36. The number of rotatable bonds is 8. The molecule has 0 spiro atoms. The van der Waals surface area contributed by atoms with Crippen LogP contribution in [0.3, 0.4) is 0 Å². The van der Waals surface area contributed by atoms with Crippen LogP contribution in [0.15, 0.2) is 81.1 Å². The Morgan fingerprint density at radius 3 is 2.44 bits per heavy atom. The fourth-order valence-corrected chi connectivity index (χ4v) is 5.01. The number of hydrogen-bond donors (Lipinski definition) is 0. The lowest BCUT2D eigenvalue weighted by Gasteiger charge is -2.22. The Morgan fingerprint density at radius 2 is 1.78 bits per heavy atom. The summed E-state index contributed by atoms with van der Waals surface area (Å²) in [5, 5.41) is 0.700. The second kappa shape index (κ2) is 11.8. The lowest BCUT2D eigenvalue weighted by molar-refractivity contribution is -0.123. The number of methoxy groups -OCH3 is 1. The highest BCUT2D eigenvalue weighted by Gasteiger charge is 2.36. The maximum absolute atomic E-state index is 13.4. The molecule has 3 aromatic rings. The molecule has 36 heavy (non-hydrogen) atoms. The molecule has 0 bridgehead atoms. The van der Waals surface area contributed by atoms with Crippen molar-refractivity contribution in [3.8, 4) is 11.5 Å². The highest BCUT2D eigenvalue weighted by atomic mass is 79.9. The van der Waals surface area contributed by atoms with Crippen molar-refractivity contribution in [2.24, 2.45) is 4.99 Å². The van der Waals surface area contributed by atoms with Gasteiger partial charge in [0.15, 0.2) is 16.7 Å². The number of ether oxygens (including phenoxy) is 2. The van der Waals surface area contributed by atoms with Crippen LogP contribution in [0, 0.1) is 6.92 Å². The Balaban J connectivity index is 1.57. The third-order valence-electron chi connectivity index (χ3n) is 5.92. The lowest BCUT2D eigenvalue weighted by atomic mass is 10.1. The van der Waals surface area contributed by atoms with Gasteiger partial charge in [0.25, 0.3) is 5.91 Å². The van der Waals surface area contributed by atoms with E-state index >= 15 is 0 Å². The van der Waals surface area contributed by atoms with E-state index < -0.39 is 0 Å². The molecule has 1 heterocycles. The standard InChI is InChI=1S/C29H29BrN2O3S/c1-5-20(3)32-28(33)27(36-29(32)31-24-13-6-19(2)7-14-24)17-22-10-15-25(26(16-22)34-4)35-18-21-8-11-23(30)12-9-21/h6-17,20H,5,18H2,1-4H3/b27-17+,31-29?/t20-/m1/s1. The largest absolute Gasteiger partial charge is 0.493 e. The number of carbonyl (C=O) groups excluding carboxylic acids is 1. The quantitative estimate of drug-likeness (QED) is 0.262. The highest BCUT2D eigenvalue weighted by Crippen LogP contribution is 2.37. The molecule has 1 aliphatic heterocycles. The Morgan fingerprint density at radius 1 is 1.06 bits per heavy atom. The van der Waals surface area contributed by atoms with Crippen LogP contribution < -0.4 is 9.47 Å². The van der Waals surface area contributed by atoms with E-state index in [9.17, 15) is 4.79 Å². The molecule has 4 rings (SSSR count). The van der Waals surface area contributed by atoms with Gasteiger partial charge in [-0.05, 0) is 85.6 Å². The van der Waals surface area contributed by atoms with Crippen LogP contribution >= 0.6 is 27.7 Å². The van der Waals surface area contributed by atoms with Gasteiger partial charge in [0.1, 0.15) is 6.61 Å². The van der Waals surface area contributed by atoms with Crippen LogP contribution in [0.2, 0.25) is 0 Å². The van der Waals surface area contributed by atoms with Gasteiger partial charge in [-0.25, -0.2) is 4.99 Å². The van der Waals surface area contributed by atoms with Crippen molar-refractivity contribution in [1.82, 2.24) is 4.90 Å². The molecular formula is C29H29BrN2O3S. The average Bonchev–Trinajstić information content (AvgIpc) is 3.19. The summed E-state index contributed by atoms with van der Waals surface area (Å²) in [6.45, 7) is 6.60. The second-order valence-corrected chi connectivity index (χ2v) is 10.5. The summed E-state index contributed by atoms with van der Waals surface area (Å²) in [5.41, 5.74) is 3.93. The molecular weight excluding hydrogens is 536 g/mol. The average molecular weight is 566 g/mol. The van der Waals surface area contributed by atoms with E-state index in [0.717, 1.165) is 27.7 Å². The Hall–Kier alpha value is -3.03. The molecule has 0 aromatic heterocycles. The van der Waals surface area contributed by atoms with Crippen molar-refractivity contribution in [2.75, 3.05) is 7.11 Å². The minimum Gasteiger partial charge on any atom is -0.493 e. The molecule has 5 nitrogen and oxygen atoms in total. The van der Waals surface area contributed by atoms with E-state index in [1.54, 1.807) is 12.0 Å². The summed E-state index contributed by atoms with van der Waals surface area (Å²) in [7, 11) is 1.62. The van der Waals surface area contributed by atoms with Gasteiger partial charge >= 0.3 is 0 Å². The number of amidine groups is 1. The molecule has 0 radical (unpaired) electrons. The van der Waals surface area contributed by atoms with E-state index in [2.05, 4.69) is 22.9 Å². The smallest absolute Gasteiger partial charge is 0.266 e. The topological polar surface area (TPSA) is 51.1 Å². The third-order valence-corrected chi connectivity index (χ3v) is 7.43. The predicted octanol–water partition coefficient (Wildman–Crippen LogP) is 7.75. The molecule has 0 unspecified atom stereocenters. The molecule has 0 N–H and O–H groups in total. The van der Waals surface area contributed by atoms with Crippen LogP contribution in [0.25, 0.3) is 6.08 Å². The summed E-state index contributed by atoms with van der Waals surface area (Å²) < 4.78 is 12.6. The first-order valence-corrected chi connectivity index (χ1v) is 13.4. The van der Waals surface area contributed by atoms with Crippen molar-refractivity contribution in [3.05, 3.63) is 92.8 Å². The summed E-state index contributed by atoms with van der Waals surface area (Å²) in [6, 6.07) is 21.7. The third kappa shape index (κ3) is 6.20. The van der Waals surface area contributed by atoms with E-state index in [-0.39, 0.29) is 11.9 Å². The van der Waals surface area contributed by atoms with Crippen molar-refractivity contribution in [2.45, 2.75) is 39.8 Å². The zero-order valence-corrected chi connectivity index (χ0v) is 23.2. The first kappa shape index (κ1) is 26.0. The SMILES string of the molecule is CC[C@@H](C)N1C(=O)/C(=C\c2ccc(OCc3ccc(Br)cc3)c(OC)c2)SC1=Nc1ccc(C)cc1. The van der Waals surface area contributed by atoms with Gasteiger partial charge in [-0.3, -0.25) is 9.69 Å². The fraction of sp³-hybridized carbons (Fsp3) is 0.241. The van der Waals surface area contributed by atoms with Gasteiger partial charge in [-0.15, -0.1) is 0 Å². The number of amides is 1. The number of nitrogens with zero attached hydrogens (tertiary/aromatic N) is 2. The van der Waals surface area contributed by atoms with Crippen LogP contribution in [-0.4, -0.2) is 29.1 Å². The second-order valence-electron chi connectivity index (χ2n) is 8.60. The summed E-state index contributed by atoms with van der Waals surface area (Å²) in [6.07, 6.45) is 2.73. The number of hydrogen-bond acceptors (Lipinski definition) is 5. The van der Waals surface area contributed by atoms with E-state index in [1.807, 2.05) is 86.7 Å². The molecule has 1 aliphatic rings. The first-order chi connectivity index (χ1) is 17.4. The van der Waals surface area contributed by atoms with Crippen LogP contribution in [-0.2, 0) is 11.4 Å². The molecule has 7 heteroatoms. The first-order valence-electron chi connectivity index (χ1n) is 11.8. The predicted molar refractivity (Wildman–Crippen MR) is 152 cm³/mol. The molecule has 1 atom stereocenters. The summed E-state index contributed by atoms with van der Waals surface area (Å²) >= 11 is 4.85. The van der Waals surface area contributed by atoms with E-state index in [4.69, 9.17) is 14.5 Å². The highest BCUT2D eigenvalue weighted by molar-refractivity contribution is 9.10. The molecule has 1 fully saturated rings. The van der Waals surface area contributed by atoms with Gasteiger partial charge in [-0.2, -0.15) is 0 Å². The van der Waals surface area contributed by atoms with Crippen molar-refractivity contribution >= 4 is 50.5 Å². The Labute approximate surface area is 225 Å². The van der Waals surface area contributed by atoms with E-state index in [1.165, 1.54) is 17.3 Å². The molecule has 0 aliphatic carbocycles. The van der Waals surface area contributed by atoms with Crippen LogP contribution in [0.4, 0.5) is 5.69 Å². The molecule has 0 saturated carbocycles. The van der Waals surface area contributed by atoms with Crippen LogP contribution in [0.5, 0.6) is 11.5 Å². The number of aryl methyl sites for hydroxylation is 1. The number of carbonyl (C=O) groups is 1. The van der Waals surface area contributed by atoms with Crippen molar-refractivity contribution in [3.63, 3.8) is 0 Å².